The van der Waals surface area contributed by atoms with Crippen molar-refractivity contribution in [3.63, 3.8) is 0 Å². The van der Waals surface area contributed by atoms with Crippen molar-refractivity contribution < 1.29 is 27.8 Å². The molecule has 1 unspecified atom stereocenters. The van der Waals surface area contributed by atoms with Gasteiger partial charge in [0.15, 0.2) is 0 Å². The van der Waals surface area contributed by atoms with Gasteiger partial charge in [-0.2, -0.15) is 0 Å². The zero-order valence-corrected chi connectivity index (χ0v) is 12.1. The molecule has 0 radical (unpaired) electrons. The summed E-state index contributed by atoms with van der Waals surface area (Å²) >= 11 is 0. The number of halogens is 3. The van der Waals surface area contributed by atoms with Crippen molar-refractivity contribution in [1.82, 2.24) is 10.6 Å². The van der Waals surface area contributed by atoms with Crippen LogP contribution in [0, 0.1) is 0 Å². The van der Waals surface area contributed by atoms with Crippen LogP contribution in [0.4, 0.5) is 18.0 Å². The summed E-state index contributed by atoms with van der Waals surface area (Å²) in [6, 6.07) is 5.12. The fourth-order valence-corrected chi connectivity index (χ4v) is 1.64. The molecule has 0 spiro atoms. The van der Waals surface area contributed by atoms with Crippen LogP contribution >= 0.6 is 0 Å². The molecule has 2 amide bonds. The Bertz CT molecular complexity index is 461. The molecule has 0 bridgehead atoms. The number of carbonyl (C=O) groups is 1. The fourth-order valence-electron chi connectivity index (χ4n) is 1.64. The predicted molar refractivity (Wildman–Crippen MR) is 74.5 cm³/mol. The van der Waals surface area contributed by atoms with Gasteiger partial charge in [-0.1, -0.05) is 12.1 Å². The minimum atomic E-state index is -4.70. The van der Waals surface area contributed by atoms with Gasteiger partial charge in [-0.3, -0.25) is 0 Å². The zero-order chi connectivity index (χ0) is 16.6. The van der Waals surface area contributed by atoms with Gasteiger partial charge in [-0.05, 0) is 37.5 Å². The summed E-state index contributed by atoms with van der Waals surface area (Å²) in [6.07, 6.45) is -4.23. The summed E-state index contributed by atoms with van der Waals surface area (Å²) in [5.41, 5.74) is 0.777. The number of hydrogen-bond acceptors (Lipinski definition) is 3. The Balaban J connectivity index is 2.26. The first-order valence-corrected chi connectivity index (χ1v) is 6.81. The van der Waals surface area contributed by atoms with Crippen molar-refractivity contribution in [2.24, 2.45) is 0 Å². The van der Waals surface area contributed by atoms with Crippen molar-refractivity contribution in [2.45, 2.75) is 32.2 Å². The van der Waals surface area contributed by atoms with Crippen molar-refractivity contribution in [2.75, 3.05) is 13.1 Å². The van der Waals surface area contributed by atoms with Crippen molar-refractivity contribution in [1.29, 1.82) is 0 Å². The van der Waals surface area contributed by atoms with Crippen LogP contribution in [-0.4, -0.2) is 36.7 Å². The number of nitrogens with one attached hydrogen (secondary N) is 2. The molecule has 22 heavy (non-hydrogen) atoms. The number of hydrogen-bond donors (Lipinski definition) is 3. The zero-order valence-electron chi connectivity index (χ0n) is 12.1. The molecule has 124 valence electrons. The molecule has 0 aromatic heterocycles. The fraction of sp³-hybridized carbons (Fsp3) is 0.500. The number of amides is 2. The summed E-state index contributed by atoms with van der Waals surface area (Å²) < 4.78 is 39.7. The van der Waals surface area contributed by atoms with E-state index < -0.39 is 12.5 Å². The second kappa shape index (κ2) is 8.47. The maximum Gasteiger partial charge on any atom is 0.573 e. The molecule has 5 nitrogen and oxygen atoms in total. The topological polar surface area (TPSA) is 70.6 Å². The molecule has 1 rings (SSSR count). The first-order valence-electron chi connectivity index (χ1n) is 6.81. The smallest absolute Gasteiger partial charge is 0.406 e. The summed E-state index contributed by atoms with van der Waals surface area (Å²) in [6.45, 7) is 2.35. The normalized spacial score (nSPS) is 12.6. The lowest BCUT2D eigenvalue weighted by Crippen LogP contribution is -2.37. The van der Waals surface area contributed by atoms with E-state index in [2.05, 4.69) is 15.4 Å². The second-order valence-electron chi connectivity index (χ2n) is 4.76. The van der Waals surface area contributed by atoms with E-state index in [1.165, 1.54) is 24.3 Å². The van der Waals surface area contributed by atoms with Crippen LogP contribution in [0.1, 0.15) is 18.9 Å². The van der Waals surface area contributed by atoms with Crippen LogP contribution in [0.25, 0.3) is 0 Å². The van der Waals surface area contributed by atoms with Crippen molar-refractivity contribution in [3.05, 3.63) is 29.8 Å². The number of carbonyl (C=O) groups excluding carboxylic acids is 1. The number of rotatable bonds is 7. The van der Waals surface area contributed by atoms with Gasteiger partial charge in [0.25, 0.3) is 0 Å². The lowest BCUT2D eigenvalue weighted by atomic mass is 10.1. The van der Waals surface area contributed by atoms with Crippen LogP contribution in [-0.2, 0) is 6.42 Å². The van der Waals surface area contributed by atoms with Gasteiger partial charge in [0.1, 0.15) is 5.75 Å². The van der Waals surface area contributed by atoms with E-state index >= 15 is 0 Å². The van der Waals surface area contributed by atoms with Gasteiger partial charge < -0.3 is 20.5 Å². The Morgan fingerprint density at radius 2 is 1.82 bits per heavy atom. The molecule has 0 saturated carbocycles. The number of benzene rings is 1. The number of aliphatic hydroxyl groups is 1. The molecular weight excluding hydrogens is 301 g/mol. The average molecular weight is 320 g/mol. The van der Waals surface area contributed by atoms with Gasteiger partial charge in [0.2, 0.25) is 0 Å². The molecular formula is C14H19F3N2O3. The van der Waals surface area contributed by atoms with E-state index in [9.17, 15) is 18.0 Å². The summed E-state index contributed by atoms with van der Waals surface area (Å²) in [4.78, 5) is 11.4. The summed E-state index contributed by atoms with van der Waals surface area (Å²) in [5.74, 6) is -0.278. The average Bonchev–Trinajstić information content (AvgIpc) is 2.38. The van der Waals surface area contributed by atoms with Crippen LogP contribution in [0.5, 0.6) is 5.75 Å². The monoisotopic (exact) mass is 320 g/mol. The van der Waals surface area contributed by atoms with Crippen LogP contribution in [0.2, 0.25) is 0 Å². The highest BCUT2D eigenvalue weighted by molar-refractivity contribution is 5.73. The van der Waals surface area contributed by atoms with Crippen LogP contribution < -0.4 is 15.4 Å². The predicted octanol–water partition coefficient (Wildman–Crippen LogP) is 2.20. The summed E-state index contributed by atoms with van der Waals surface area (Å²) in [7, 11) is 0. The number of ether oxygens (including phenoxy) is 1. The molecule has 0 saturated heterocycles. The van der Waals surface area contributed by atoms with E-state index in [4.69, 9.17) is 5.11 Å². The standard InChI is InChI=1S/C14H19F3N2O3/c1-10(20)6-8-18-13(21)19-9-7-11-2-4-12(5-3-11)22-14(15,16)17/h2-5,10,20H,6-9H2,1H3,(H2,18,19,21). The molecule has 8 heteroatoms. The molecule has 0 fully saturated rings. The highest BCUT2D eigenvalue weighted by Gasteiger charge is 2.30. The highest BCUT2D eigenvalue weighted by Crippen LogP contribution is 2.22. The van der Waals surface area contributed by atoms with E-state index in [1.807, 2.05) is 0 Å². The molecule has 0 aliphatic rings. The third kappa shape index (κ3) is 8.35. The lowest BCUT2D eigenvalue weighted by molar-refractivity contribution is -0.274. The first-order chi connectivity index (χ1) is 10.3. The minimum absolute atomic E-state index is 0.278. The minimum Gasteiger partial charge on any atom is -0.406 e. The van der Waals surface area contributed by atoms with E-state index in [1.54, 1.807) is 6.92 Å². The van der Waals surface area contributed by atoms with E-state index in [0.29, 0.717) is 25.9 Å². The van der Waals surface area contributed by atoms with Crippen molar-refractivity contribution in [3.8, 4) is 5.75 Å². The Hall–Kier alpha value is -1.96. The van der Waals surface area contributed by atoms with E-state index in [0.717, 1.165) is 5.56 Å². The second-order valence-corrected chi connectivity index (χ2v) is 4.76. The van der Waals surface area contributed by atoms with Gasteiger partial charge in [-0.25, -0.2) is 4.79 Å². The number of urea groups is 1. The SMILES string of the molecule is CC(O)CCNC(=O)NCCc1ccc(OC(F)(F)F)cc1. The van der Waals surface area contributed by atoms with Crippen LogP contribution in [0.15, 0.2) is 24.3 Å². The Kier molecular flexibility index (Phi) is 6.97. The molecule has 0 aliphatic carbocycles. The first kappa shape index (κ1) is 18.1. The lowest BCUT2D eigenvalue weighted by Gasteiger charge is -2.10. The van der Waals surface area contributed by atoms with Gasteiger partial charge in [0.05, 0.1) is 6.10 Å². The maximum absolute atomic E-state index is 12.0. The molecule has 1 aromatic rings. The number of alkyl halides is 3. The maximum atomic E-state index is 12.0. The Morgan fingerprint density at radius 1 is 1.23 bits per heavy atom. The number of aliphatic hydroxyl groups excluding tert-OH is 1. The van der Waals surface area contributed by atoms with Gasteiger partial charge in [-0.15, -0.1) is 13.2 Å². The largest absolute Gasteiger partial charge is 0.573 e. The quantitative estimate of drug-likeness (QED) is 0.721. The molecule has 1 aromatic carbocycles. The van der Waals surface area contributed by atoms with Crippen molar-refractivity contribution >= 4 is 6.03 Å². The van der Waals surface area contributed by atoms with Gasteiger partial charge in [0, 0.05) is 13.1 Å². The molecule has 1 atom stereocenters. The molecule has 3 N–H and O–H groups in total. The summed E-state index contributed by atoms with van der Waals surface area (Å²) in [5, 5.41) is 14.2. The molecule has 0 aliphatic heterocycles. The van der Waals surface area contributed by atoms with E-state index in [-0.39, 0.29) is 11.8 Å². The Labute approximate surface area is 126 Å². The Morgan fingerprint density at radius 3 is 2.36 bits per heavy atom. The van der Waals surface area contributed by atoms with Gasteiger partial charge >= 0.3 is 12.4 Å². The third-order valence-corrected chi connectivity index (χ3v) is 2.70. The highest BCUT2D eigenvalue weighted by atomic mass is 19.4. The molecule has 0 heterocycles. The van der Waals surface area contributed by atoms with Crippen LogP contribution in [0.3, 0.4) is 0 Å². The third-order valence-electron chi connectivity index (χ3n) is 2.70.